The van der Waals surface area contributed by atoms with Crippen LogP contribution in [0, 0.1) is 5.82 Å². The second-order valence-electron chi connectivity index (χ2n) is 5.69. The van der Waals surface area contributed by atoms with Crippen LogP contribution in [-0.2, 0) is 19.5 Å². The summed E-state index contributed by atoms with van der Waals surface area (Å²) in [7, 11) is 1.99. The fourth-order valence-electron chi connectivity index (χ4n) is 2.78. The smallest absolute Gasteiger partial charge is 0.245 e. The predicted molar refractivity (Wildman–Crippen MR) is 77.7 cm³/mol. The Balaban J connectivity index is 1.54. The number of nitrogens with zero attached hydrogens (tertiary/aromatic N) is 6. The molecule has 0 saturated heterocycles. The number of hydrogen-bond donors (Lipinski definition) is 0. The Hall–Kier alpha value is -2.61. The summed E-state index contributed by atoms with van der Waals surface area (Å²) in [6.07, 6.45) is 2.15. The van der Waals surface area contributed by atoms with Gasteiger partial charge in [0.25, 0.3) is 0 Å². The second kappa shape index (κ2) is 5.54. The van der Waals surface area contributed by atoms with E-state index in [4.69, 9.17) is 4.52 Å². The van der Waals surface area contributed by atoms with Crippen LogP contribution in [0.25, 0.3) is 0 Å². The first-order valence-corrected chi connectivity index (χ1v) is 7.33. The molecule has 0 amide bonds. The van der Waals surface area contributed by atoms with E-state index in [2.05, 4.69) is 25.2 Å². The van der Waals surface area contributed by atoms with Crippen molar-refractivity contribution in [2.24, 2.45) is 0 Å². The molecule has 1 unspecified atom stereocenters. The summed E-state index contributed by atoms with van der Waals surface area (Å²) in [4.78, 5) is 6.57. The third kappa shape index (κ3) is 2.72. The number of rotatable bonds is 3. The molecule has 0 spiro atoms. The molecule has 118 valence electrons. The number of fused-ring (bicyclic) bond motifs is 1. The molecule has 7 nitrogen and oxygen atoms in total. The third-order valence-electron chi connectivity index (χ3n) is 4.01. The van der Waals surface area contributed by atoms with Gasteiger partial charge in [0.1, 0.15) is 24.0 Å². The van der Waals surface area contributed by atoms with Crippen LogP contribution in [0.15, 0.2) is 35.1 Å². The van der Waals surface area contributed by atoms with Gasteiger partial charge in [0.05, 0.1) is 6.54 Å². The van der Waals surface area contributed by atoms with Gasteiger partial charge in [-0.25, -0.2) is 4.39 Å². The van der Waals surface area contributed by atoms with Gasteiger partial charge < -0.3 is 9.09 Å². The maximum absolute atomic E-state index is 13.2. The molecule has 3 aromatic rings. The molecule has 1 aromatic carbocycles. The SMILES string of the molecule is CN1Cc2nncn2CC1c1nc(Cc2cccc(F)c2)no1. The molecule has 0 saturated carbocycles. The summed E-state index contributed by atoms with van der Waals surface area (Å²) in [5, 5.41) is 12.0. The first kappa shape index (κ1) is 14.0. The van der Waals surface area contributed by atoms with Crippen molar-refractivity contribution in [2.45, 2.75) is 25.6 Å². The van der Waals surface area contributed by atoms with Gasteiger partial charge >= 0.3 is 0 Å². The van der Waals surface area contributed by atoms with E-state index >= 15 is 0 Å². The van der Waals surface area contributed by atoms with Crippen LogP contribution >= 0.6 is 0 Å². The summed E-state index contributed by atoms with van der Waals surface area (Å²) in [6, 6.07) is 6.39. The number of halogens is 1. The van der Waals surface area contributed by atoms with Crippen LogP contribution in [0.2, 0.25) is 0 Å². The van der Waals surface area contributed by atoms with Crippen LogP contribution in [0.3, 0.4) is 0 Å². The van der Waals surface area contributed by atoms with E-state index < -0.39 is 0 Å². The fraction of sp³-hybridized carbons (Fsp3) is 0.333. The Morgan fingerprint density at radius 2 is 2.30 bits per heavy atom. The molecular weight excluding hydrogens is 299 g/mol. The molecule has 23 heavy (non-hydrogen) atoms. The lowest BCUT2D eigenvalue weighted by Gasteiger charge is -2.29. The summed E-state index contributed by atoms with van der Waals surface area (Å²) in [6.45, 7) is 1.34. The Morgan fingerprint density at radius 1 is 1.39 bits per heavy atom. The van der Waals surface area contributed by atoms with Crippen molar-refractivity contribution in [1.29, 1.82) is 0 Å². The minimum atomic E-state index is -0.265. The van der Waals surface area contributed by atoms with Gasteiger partial charge in [-0.05, 0) is 24.7 Å². The summed E-state index contributed by atoms with van der Waals surface area (Å²) >= 11 is 0. The van der Waals surface area contributed by atoms with Crippen LogP contribution in [0.1, 0.15) is 29.1 Å². The Bertz CT molecular complexity index is 829. The number of likely N-dealkylation sites (N-methyl/N-ethyl adjacent to an activating group) is 1. The quantitative estimate of drug-likeness (QED) is 0.731. The van der Waals surface area contributed by atoms with E-state index in [9.17, 15) is 4.39 Å². The largest absolute Gasteiger partial charge is 0.338 e. The summed E-state index contributed by atoms with van der Waals surface area (Å²) in [5.74, 6) is 1.76. The van der Waals surface area contributed by atoms with E-state index in [1.807, 2.05) is 17.7 Å². The Morgan fingerprint density at radius 3 is 3.17 bits per heavy atom. The molecule has 0 radical (unpaired) electrons. The summed E-state index contributed by atoms with van der Waals surface area (Å²) < 4.78 is 20.6. The fourth-order valence-corrected chi connectivity index (χ4v) is 2.78. The van der Waals surface area contributed by atoms with Crippen molar-refractivity contribution in [2.75, 3.05) is 7.05 Å². The zero-order chi connectivity index (χ0) is 15.8. The molecule has 0 bridgehead atoms. The monoisotopic (exact) mass is 314 g/mol. The molecule has 3 heterocycles. The Labute approximate surface area is 131 Å². The highest BCUT2D eigenvalue weighted by atomic mass is 19.1. The zero-order valence-corrected chi connectivity index (χ0v) is 12.6. The van der Waals surface area contributed by atoms with E-state index in [0.29, 0.717) is 31.2 Å². The van der Waals surface area contributed by atoms with Gasteiger partial charge in [-0.15, -0.1) is 10.2 Å². The minimum Gasteiger partial charge on any atom is -0.338 e. The molecule has 1 aliphatic rings. The van der Waals surface area contributed by atoms with E-state index in [0.717, 1.165) is 11.4 Å². The number of benzene rings is 1. The molecule has 0 aliphatic carbocycles. The average Bonchev–Trinajstić information content (AvgIpc) is 3.15. The normalized spacial score (nSPS) is 18.1. The van der Waals surface area contributed by atoms with Crippen molar-refractivity contribution in [1.82, 2.24) is 29.8 Å². The molecular formula is C15H15FN6O. The molecule has 1 atom stereocenters. The second-order valence-corrected chi connectivity index (χ2v) is 5.69. The minimum absolute atomic E-state index is 0.0211. The first-order valence-electron chi connectivity index (χ1n) is 7.33. The average molecular weight is 314 g/mol. The molecule has 2 aromatic heterocycles. The lowest BCUT2D eigenvalue weighted by molar-refractivity contribution is 0.139. The van der Waals surface area contributed by atoms with Gasteiger partial charge in [-0.3, -0.25) is 4.90 Å². The molecule has 0 N–H and O–H groups in total. The molecule has 0 fully saturated rings. The summed E-state index contributed by atoms with van der Waals surface area (Å²) in [5.41, 5.74) is 0.815. The van der Waals surface area contributed by atoms with Crippen molar-refractivity contribution >= 4 is 0 Å². The van der Waals surface area contributed by atoms with E-state index in [1.165, 1.54) is 12.1 Å². The molecule has 1 aliphatic heterocycles. The maximum Gasteiger partial charge on any atom is 0.245 e. The van der Waals surface area contributed by atoms with Crippen LogP contribution < -0.4 is 0 Å². The van der Waals surface area contributed by atoms with Gasteiger partial charge in [-0.1, -0.05) is 17.3 Å². The Kier molecular flexibility index (Phi) is 3.38. The predicted octanol–water partition coefficient (Wildman–Crippen LogP) is 1.58. The molecule has 4 rings (SSSR count). The van der Waals surface area contributed by atoms with Crippen molar-refractivity contribution in [3.8, 4) is 0 Å². The standard InChI is InChI=1S/C15H15FN6O/c1-21-8-14-19-17-9-22(14)7-12(21)15-18-13(20-23-15)6-10-3-2-4-11(16)5-10/h2-5,9,12H,6-8H2,1H3. The van der Waals surface area contributed by atoms with Gasteiger partial charge in [-0.2, -0.15) is 4.98 Å². The van der Waals surface area contributed by atoms with E-state index in [-0.39, 0.29) is 11.9 Å². The highest BCUT2D eigenvalue weighted by molar-refractivity contribution is 5.19. The van der Waals surface area contributed by atoms with Crippen molar-refractivity contribution in [3.05, 3.63) is 59.5 Å². The topological polar surface area (TPSA) is 72.9 Å². The van der Waals surface area contributed by atoms with Crippen molar-refractivity contribution < 1.29 is 8.91 Å². The van der Waals surface area contributed by atoms with Crippen LogP contribution in [-0.4, -0.2) is 36.9 Å². The van der Waals surface area contributed by atoms with E-state index in [1.54, 1.807) is 12.4 Å². The zero-order valence-electron chi connectivity index (χ0n) is 12.6. The van der Waals surface area contributed by atoms with Crippen LogP contribution in [0.4, 0.5) is 4.39 Å². The molecule has 8 heteroatoms. The maximum atomic E-state index is 13.2. The lowest BCUT2D eigenvalue weighted by Crippen LogP contribution is -2.34. The van der Waals surface area contributed by atoms with Gasteiger partial charge in [0.15, 0.2) is 5.82 Å². The number of hydrogen-bond acceptors (Lipinski definition) is 6. The van der Waals surface area contributed by atoms with Crippen LogP contribution in [0.5, 0.6) is 0 Å². The van der Waals surface area contributed by atoms with Gasteiger partial charge in [0.2, 0.25) is 5.89 Å². The van der Waals surface area contributed by atoms with Crippen molar-refractivity contribution in [3.63, 3.8) is 0 Å². The highest BCUT2D eigenvalue weighted by Gasteiger charge is 2.30. The van der Waals surface area contributed by atoms with Gasteiger partial charge in [0, 0.05) is 13.0 Å². The highest BCUT2D eigenvalue weighted by Crippen LogP contribution is 2.26. The lowest BCUT2D eigenvalue weighted by atomic mass is 10.1. The number of aromatic nitrogens is 5. The first-order chi connectivity index (χ1) is 11.2. The third-order valence-corrected chi connectivity index (χ3v) is 4.01.